The van der Waals surface area contributed by atoms with Crippen molar-refractivity contribution in [1.29, 1.82) is 0 Å². The Hall–Kier alpha value is -1.40. The first-order valence-corrected chi connectivity index (χ1v) is 6.73. The topological polar surface area (TPSA) is 53.0 Å². The monoisotopic (exact) mass is 253 g/mol. The first-order valence-electron chi connectivity index (χ1n) is 5.33. The molecule has 0 radical (unpaired) electrons. The Labute approximate surface area is 102 Å². The van der Waals surface area contributed by atoms with Gasteiger partial charge in [0, 0.05) is 19.7 Å². The molecule has 6 heteroatoms. The second kappa shape index (κ2) is 4.46. The maximum Gasteiger partial charge on any atom is 0.304 e. The van der Waals surface area contributed by atoms with Gasteiger partial charge in [0.2, 0.25) is 0 Å². The molecule has 0 atom stereocenters. The van der Waals surface area contributed by atoms with E-state index < -0.39 is 10.2 Å². The van der Waals surface area contributed by atoms with Gasteiger partial charge in [-0.15, -0.1) is 0 Å². The van der Waals surface area contributed by atoms with E-state index in [1.165, 1.54) is 22.7 Å². The summed E-state index contributed by atoms with van der Waals surface area (Å²) >= 11 is 0. The van der Waals surface area contributed by atoms with Gasteiger partial charge in [-0.05, 0) is 0 Å². The van der Waals surface area contributed by atoms with Crippen molar-refractivity contribution in [2.24, 2.45) is 4.99 Å². The van der Waals surface area contributed by atoms with Crippen molar-refractivity contribution >= 4 is 16.0 Å². The predicted molar refractivity (Wildman–Crippen MR) is 67.2 cm³/mol. The smallest absolute Gasteiger partial charge is 0.265 e. The number of benzene rings is 1. The molecule has 2 rings (SSSR count). The summed E-state index contributed by atoms with van der Waals surface area (Å²) in [5.74, 6) is 0.527. The molecule has 0 aliphatic carbocycles. The van der Waals surface area contributed by atoms with Crippen LogP contribution in [0.1, 0.15) is 5.56 Å². The van der Waals surface area contributed by atoms with Crippen LogP contribution in [0.15, 0.2) is 35.3 Å². The Kier molecular flexibility index (Phi) is 3.17. The fourth-order valence-corrected chi connectivity index (χ4v) is 2.76. The number of hydrogen-bond acceptors (Lipinski definition) is 3. The van der Waals surface area contributed by atoms with Crippen LogP contribution in [-0.4, -0.2) is 50.0 Å². The summed E-state index contributed by atoms with van der Waals surface area (Å²) in [5, 5.41) is 0. The van der Waals surface area contributed by atoms with Gasteiger partial charge in [-0.1, -0.05) is 30.3 Å². The molecule has 1 aromatic carbocycles. The third-order valence-electron chi connectivity index (χ3n) is 2.57. The molecule has 1 aliphatic rings. The molecule has 0 bridgehead atoms. The van der Waals surface area contributed by atoms with E-state index in [4.69, 9.17) is 0 Å². The van der Waals surface area contributed by atoms with Crippen molar-refractivity contribution in [1.82, 2.24) is 8.61 Å². The van der Waals surface area contributed by atoms with E-state index in [0.29, 0.717) is 18.9 Å². The zero-order chi connectivity index (χ0) is 12.5. The lowest BCUT2D eigenvalue weighted by Crippen LogP contribution is -2.42. The molecular weight excluding hydrogens is 238 g/mol. The van der Waals surface area contributed by atoms with Gasteiger partial charge in [0.25, 0.3) is 0 Å². The third-order valence-corrected chi connectivity index (χ3v) is 4.41. The van der Waals surface area contributed by atoms with Crippen molar-refractivity contribution in [3.63, 3.8) is 0 Å². The van der Waals surface area contributed by atoms with Crippen LogP contribution in [0, 0.1) is 0 Å². The van der Waals surface area contributed by atoms with Crippen LogP contribution in [0.2, 0.25) is 0 Å². The highest BCUT2D eigenvalue weighted by atomic mass is 32.2. The molecule has 1 aromatic rings. The minimum absolute atomic E-state index is 0.407. The molecule has 0 spiro atoms. The summed E-state index contributed by atoms with van der Waals surface area (Å²) in [4.78, 5) is 4.27. The van der Waals surface area contributed by atoms with Gasteiger partial charge in [0.05, 0.1) is 13.1 Å². The largest absolute Gasteiger partial charge is 0.304 e. The predicted octanol–water partition coefficient (Wildman–Crippen LogP) is 0.555. The maximum absolute atomic E-state index is 12.1. The van der Waals surface area contributed by atoms with Crippen LogP contribution < -0.4 is 0 Å². The molecule has 0 fully saturated rings. The van der Waals surface area contributed by atoms with Crippen LogP contribution in [-0.2, 0) is 10.2 Å². The molecule has 0 N–H and O–H groups in total. The highest BCUT2D eigenvalue weighted by Gasteiger charge is 2.31. The SMILES string of the molecule is CN(C)S(=O)(=O)N1CCN=C1c1ccccc1. The average Bonchev–Trinajstić information content (AvgIpc) is 2.79. The van der Waals surface area contributed by atoms with Crippen molar-refractivity contribution < 1.29 is 8.42 Å². The van der Waals surface area contributed by atoms with E-state index in [0.717, 1.165) is 5.56 Å². The van der Waals surface area contributed by atoms with Gasteiger partial charge >= 0.3 is 10.2 Å². The standard InChI is InChI=1S/C11H15N3O2S/c1-13(2)17(15,16)14-9-8-12-11(14)10-6-4-3-5-7-10/h3-7H,8-9H2,1-2H3. The molecular formula is C11H15N3O2S. The van der Waals surface area contributed by atoms with E-state index in [9.17, 15) is 8.42 Å². The first-order chi connectivity index (χ1) is 8.03. The summed E-state index contributed by atoms with van der Waals surface area (Å²) in [7, 11) is -0.390. The van der Waals surface area contributed by atoms with Crippen LogP contribution in [0.25, 0.3) is 0 Å². The van der Waals surface area contributed by atoms with Gasteiger partial charge in [-0.25, -0.2) is 4.31 Å². The van der Waals surface area contributed by atoms with Crippen molar-refractivity contribution in [2.75, 3.05) is 27.2 Å². The molecule has 1 heterocycles. The summed E-state index contributed by atoms with van der Waals surface area (Å²) in [6, 6.07) is 9.36. The fraction of sp³-hybridized carbons (Fsp3) is 0.364. The lowest BCUT2D eigenvalue weighted by Gasteiger charge is -2.23. The molecule has 0 unspecified atom stereocenters. The molecule has 0 saturated carbocycles. The highest BCUT2D eigenvalue weighted by Crippen LogP contribution is 2.16. The van der Waals surface area contributed by atoms with Crippen LogP contribution in [0.3, 0.4) is 0 Å². The van der Waals surface area contributed by atoms with Gasteiger partial charge in [0.15, 0.2) is 0 Å². The molecule has 17 heavy (non-hydrogen) atoms. The normalized spacial score (nSPS) is 16.4. The van der Waals surface area contributed by atoms with Gasteiger partial charge in [-0.2, -0.15) is 12.7 Å². The van der Waals surface area contributed by atoms with E-state index in [2.05, 4.69) is 4.99 Å². The van der Waals surface area contributed by atoms with Crippen LogP contribution in [0.4, 0.5) is 0 Å². The Bertz CT molecular complexity index is 523. The second-order valence-electron chi connectivity index (χ2n) is 3.93. The average molecular weight is 253 g/mol. The lowest BCUT2D eigenvalue weighted by atomic mass is 10.2. The van der Waals surface area contributed by atoms with Crippen molar-refractivity contribution in [3.05, 3.63) is 35.9 Å². The Morgan fingerprint density at radius 3 is 2.47 bits per heavy atom. The van der Waals surface area contributed by atoms with Gasteiger partial charge in [0.1, 0.15) is 5.84 Å². The fourth-order valence-electron chi connectivity index (χ4n) is 1.68. The van der Waals surface area contributed by atoms with E-state index in [1.807, 2.05) is 30.3 Å². The summed E-state index contributed by atoms with van der Waals surface area (Å²) in [6.45, 7) is 0.919. The molecule has 92 valence electrons. The Morgan fingerprint density at radius 2 is 1.88 bits per heavy atom. The maximum atomic E-state index is 12.1. The number of hydrogen-bond donors (Lipinski definition) is 0. The quantitative estimate of drug-likeness (QED) is 0.790. The summed E-state index contributed by atoms with van der Waals surface area (Å²) in [5.41, 5.74) is 0.829. The molecule has 5 nitrogen and oxygen atoms in total. The van der Waals surface area contributed by atoms with Crippen LogP contribution in [0.5, 0.6) is 0 Å². The Morgan fingerprint density at radius 1 is 1.24 bits per heavy atom. The molecule has 0 amide bonds. The second-order valence-corrected chi connectivity index (χ2v) is 6.00. The Balaban J connectivity index is 2.37. The van der Waals surface area contributed by atoms with Gasteiger partial charge in [-0.3, -0.25) is 4.99 Å². The zero-order valence-corrected chi connectivity index (χ0v) is 10.7. The minimum atomic E-state index is -3.44. The summed E-state index contributed by atoms with van der Waals surface area (Å²) < 4.78 is 26.7. The third kappa shape index (κ3) is 2.18. The van der Waals surface area contributed by atoms with Crippen LogP contribution >= 0.6 is 0 Å². The lowest BCUT2D eigenvalue weighted by molar-refractivity contribution is 0.466. The van der Waals surface area contributed by atoms with Crippen molar-refractivity contribution in [3.8, 4) is 0 Å². The van der Waals surface area contributed by atoms with Crippen molar-refractivity contribution in [2.45, 2.75) is 0 Å². The number of aliphatic imine (C=N–C) groups is 1. The molecule has 0 aromatic heterocycles. The number of amidine groups is 1. The minimum Gasteiger partial charge on any atom is -0.265 e. The van der Waals surface area contributed by atoms with Gasteiger partial charge < -0.3 is 0 Å². The molecule has 0 saturated heterocycles. The summed E-state index contributed by atoms with van der Waals surface area (Å²) in [6.07, 6.45) is 0. The zero-order valence-electron chi connectivity index (χ0n) is 9.87. The highest BCUT2D eigenvalue weighted by molar-refractivity contribution is 7.87. The molecule has 1 aliphatic heterocycles. The number of nitrogens with zero attached hydrogens (tertiary/aromatic N) is 3. The van der Waals surface area contributed by atoms with E-state index in [-0.39, 0.29) is 0 Å². The number of rotatable bonds is 3. The van der Waals surface area contributed by atoms with E-state index >= 15 is 0 Å². The van der Waals surface area contributed by atoms with E-state index in [1.54, 1.807) is 0 Å². The first kappa shape index (κ1) is 12.1.